The molecule has 0 aliphatic rings. The Morgan fingerprint density at radius 3 is 2.65 bits per heavy atom. The lowest BCUT2D eigenvalue weighted by Crippen LogP contribution is -1.99. The van der Waals surface area contributed by atoms with E-state index in [1.165, 1.54) is 5.56 Å². The van der Waals surface area contributed by atoms with E-state index in [9.17, 15) is 0 Å². The second kappa shape index (κ2) is 5.61. The van der Waals surface area contributed by atoms with Crippen LogP contribution in [0.15, 0.2) is 66.9 Å². The summed E-state index contributed by atoms with van der Waals surface area (Å²) < 4.78 is 7.60. The highest BCUT2D eigenvalue weighted by atomic mass is 16.5. The van der Waals surface area contributed by atoms with E-state index in [-0.39, 0.29) is 0 Å². The van der Waals surface area contributed by atoms with Crippen LogP contribution in [-0.2, 0) is 6.61 Å². The van der Waals surface area contributed by atoms with Gasteiger partial charge in [0.05, 0.1) is 5.69 Å². The molecule has 3 heteroatoms. The largest absolute Gasteiger partial charge is 0.487 e. The van der Waals surface area contributed by atoms with Crippen molar-refractivity contribution in [3.63, 3.8) is 0 Å². The highest BCUT2D eigenvalue weighted by Crippen LogP contribution is 2.14. The fraction of sp³-hybridized carbons (Fsp3) is 0.118. The molecule has 3 nitrogen and oxygen atoms in total. The van der Waals surface area contributed by atoms with Crippen LogP contribution in [0.4, 0.5) is 0 Å². The molecule has 0 saturated carbocycles. The minimum Gasteiger partial charge on any atom is -0.487 e. The Morgan fingerprint density at radius 2 is 1.85 bits per heavy atom. The first kappa shape index (κ1) is 12.5. The van der Waals surface area contributed by atoms with E-state index in [0.29, 0.717) is 6.61 Å². The van der Waals surface area contributed by atoms with Crippen LogP contribution in [0.3, 0.4) is 0 Å². The number of rotatable bonds is 4. The Bertz CT molecular complexity index is 689. The molecule has 0 unspecified atom stereocenters. The Labute approximate surface area is 118 Å². The van der Waals surface area contributed by atoms with E-state index < -0.39 is 0 Å². The molecule has 100 valence electrons. The van der Waals surface area contributed by atoms with Crippen LogP contribution < -0.4 is 4.74 Å². The van der Waals surface area contributed by atoms with Crippen LogP contribution >= 0.6 is 0 Å². The monoisotopic (exact) mass is 264 g/mol. The molecular formula is C17H16N2O. The van der Waals surface area contributed by atoms with E-state index >= 15 is 0 Å². The molecule has 3 rings (SSSR count). The lowest BCUT2D eigenvalue weighted by atomic mass is 10.2. The summed E-state index contributed by atoms with van der Waals surface area (Å²) in [6.45, 7) is 2.53. The minimum atomic E-state index is 0.475. The van der Waals surface area contributed by atoms with Gasteiger partial charge >= 0.3 is 0 Å². The Morgan fingerprint density at radius 1 is 1.00 bits per heavy atom. The first-order valence-corrected chi connectivity index (χ1v) is 6.61. The summed E-state index contributed by atoms with van der Waals surface area (Å²) in [6.07, 6.45) is 1.95. The average molecular weight is 264 g/mol. The fourth-order valence-electron chi connectivity index (χ4n) is 2.03. The van der Waals surface area contributed by atoms with Crippen molar-refractivity contribution < 1.29 is 4.74 Å². The molecule has 0 radical (unpaired) electrons. The fourth-order valence-corrected chi connectivity index (χ4v) is 2.03. The molecule has 0 saturated heterocycles. The summed E-state index contributed by atoms with van der Waals surface area (Å²) in [7, 11) is 0. The summed E-state index contributed by atoms with van der Waals surface area (Å²) in [4.78, 5) is 0. The van der Waals surface area contributed by atoms with Crippen LogP contribution in [0.25, 0.3) is 5.69 Å². The maximum atomic E-state index is 5.75. The van der Waals surface area contributed by atoms with E-state index in [2.05, 4.69) is 18.1 Å². The quantitative estimate of drug-likeness (QED) is 0.717. The molecule has 0 amide bonds. The topological polar surface area (TPSA) is 27.1 Å². The number of aryl methyl sites for hydroxylation is 1. The molecule has 0 aliphatic carbocycles. The first-order valence-electron chi connectivity index (χ1n) is 6.61. The Hall–Kier alpha value is -2.55. The molecule has 2 aromatic carbocycles. The van der Waals surface area contributed by atoms with Gasteiger partial charge in [-0.25, -0.2) is 4.68 Å². The highest BCUT2D eigenvalue weighted by Gasteiger charge is 2.02. The zero-order valence-electron chi connectivity index (χ0n) is 11.4. The third-order valence-corrected chi connectivity index (χ3v) is 3.04. The van der Waals surface area contributed by atoms with Crippen molar-refractivity contribution in [2.24, 2.45) is 0 Å². The summed E-state index contributed by atoms with van der Waals surface area (Å²) in [5, 5.41) is 4.51. The third-order valence-electron chi connectivity index (χ3n) is 3.04. The summed E-state index contributed by atoms with van der Waals surface area (Å²) in [5.41, 5.74) is 3.15. The van der Waals surface area contributed by atoms with Gasteiger partial charge in [0.1, 0.15) is 18.1 Å². The summed E-state index contributed by atoms with van der Waals surface area (Å²) >= 11 is 0. The number of para-hydroxylation sites is 1. The standard InChI is InChI=1S/C17H16N2O/c1-14-6-5-9-17(12-14)20-13-15-10-11-19(18-15)16-7-3-2-4-8-16/h2-12H,13H2,1H3. The summed E-state index contributed by atoms with van der Waals surface area (Å²) in [6, 6.07) is 20.0. The van der Waals surface area contributed by atoms with Crippen molar-refractivity contribution in [1.29, 1.82) is 0 Å². The number of hydrogen-bond donors (Lipinski definition) is 0. The molecule has 0 atom stereocenters. The van der Waals surface area contributed by atoms with Gasteiger partial charge in [-0.3, -0.25) is 0 Å². The molecule has 0 N–H and O–H groups in total. The van der Waals surface area contributed by atoms with Crippen LogP contribution in [0.5, 0.6) is 5.75 Å². The molecule has 0 bridgehead atoms. The van der Waals surface area contributed by atoms with Crippen molar-refractivity contribution in [2.75, 3.05) is 0 Å². The van der Waals surface area contributed by atoms with E-state index in [1.54, 1.807) is 0 Å². The number of aromatic nitrogens is 2. The summed E-state index contributed by atoms with van der Waals surface area (Å²) in [5.74, 6) is 0.874. The molecule has 3 aromatic rings. The number of nitrogens with zero attached hydrogens (tertiary/aromatic N) is 2. The van der Waals surface area contributed by atoms with Gasteiger partial charge in [-0.1, -0.05) is 30.3 Å². The first-order chi connectivity index (χ1) is 9.81. The van der Waals surface area contributed by atoms with Gasteiger partial charge in [0.25, 0.3) is 0 Å². The molecule has 0 fully saturated rings. The van der Waals surface area contributed by atoms with Gasteiger partial charge < -0.3 is 4.74 Å². The zero-order valence-corrected chi connectivity index (χ0v) is 11.4. The second-order valence-corrected chi connectivity index (χ2v) is 4.69. The van der Waals surface area contributed by atoms with Crippen molar-refractivity contribution in [2.45, 2.75) is 13.5 Å². The molecule has 0 aliphatic heterocycles. The average Bonchev–Trinajstić information content (AvgIpc) is 2.95. The predicted octanol–water partition coefficient (Wildman–Crippen LogP) is 3.76. The van der Waals surface area contributed by atoms with Gasteiger partial charge in [0, 0.05) is 6.20 Å². The predicted molar refractivity (Wildman–Crippen MR) is 79.1 cm³/mol. The minimum absolute atomic E-state index is 0.475. The highest BCUT2D eigenvalue weighted by molar-refractivity contribution is 5.30. The SMILES string of the molecule is Cc1cccc(OCc2ccn(-c3ccccc3)n2)c1. The number of benzene rings is 2. The molecular weight excluding hydrogens is 248 g/mol. The number of hydrogen-bond acceptors (Lipinski definition) is 2. The Kier molecular flexibility index (Phi) is 3.50. The molecule has 1 aromatic heterocycles. The van der Waals surface area contributed by atoms with Crippen molar-refractivity contribution >= 4 is 0 Å². The van der Waals surface area contributed by atoms with Crippen LogP contribution in [0, 0.1) is 6.92 Å². The van der Waals surface area contributed by atoms with Crippen molar-refractivity contribution in [3.05, 3.63) is 78.1 Å². The normalized spacial score (nSPS) is 10.4. The van der Waals surface area contributed by atoms with Gasteiger partial charge in [-0.15, -0.1) is 0 Å². The molecule has 20 heavy (non-hydrogen) atoms. The lowest BCUT2D eigenvalue weighted by Gasteiger charge is -2.05. The van der Waals surface area contributed by atoms with Crippen LogP contribution in [-0.4, -0.2) is 9.78 Å². The molecule has 1 heterocycles. The van der Waals surface area contributed by atoms with Crippen LogP contribution in [0.2, 0.25) is 0 Å². The van der Waals surface area contributed by atoms with Gasteiger partial charge in [-0.05, 0) is 42.8 Å². The lowest BCUT2D eigenvalue weighted by molar-refractivity contribution is 0.300. The maximum Gasteiger partial charge on any atom is 0.132 e. The smallest absolute Gasteiger partial charge is 0.132 e. The van der Waals surface area contributed by atoms with Crippen molar-refractivity contribution in [1.82, 2.24) is 9.78 Å². The zero-order chi connectivity index (χ0) is 13.8. The van der Waals surface area contributed by atoms with Crippen molar-refractivity contribution in [3.8, 4) is 11.4 Å². The second-order valence-electron chi connectivity index (χ2n) is 4.69. The number of ether oxygens (including phenoxy) is 1. The van der Waals surface area contributed by atoms with E-state index in [4.69, 9.17) is 4.74 Å². The third kappa shape index (κ3) is 2.88. The van der Waals surface area contributed by atoms with E-state index in [1.807, 2.05) is 65.5 Å². The maximum absolute atomic E-state index is 5.75. The van der Waals surface area contributed by atoms with E-state index in [0.717, 1.165) is 17.1 Å². The Balaban J connectivity index is 1.69. The van der Waals surface area contributed by atoms with Gasteiger partial charge in [0.15, 0.2) is 0 Å². The van der Waals surface area contributed by atoms with Crippen LogP contribution in [0.1, 0.15) is 11.3 Å². The van der Waals surface area contributed by atoms with Gasteiger partial charge in [-0.2, -0.15) is 5.10 Å². The van der Waals surface area contributed by atoms with Gasteiger partial charge in [0.2, 0.25) is 0 Å². The molecule has 0 spiro atoms.